The Morgan fingerprint density at radius 1 is 1.29 bits per heavy atom. The van der Waals surface area contributed by atoms with E-state index in [0.717, 1.165) is 57.4 Å². The van der Waals surface area contributed by atoms with Gasteiger partial charge < -0.3 is 5.32 Å². The van der Waals surface area contributed by atoms with Crippen molar-refractivity contribution in [3.63, 3.8) is 0 Å². The Kier molecular flexibility index (Phi) is 6.18. The van der Waals surface area contributed by atoms with Gasteiger partial charge in [-0.3, -0.25) is 9.69 Å². The molecule has 2 rings (SSSR count). The fourth-order valence-corrected chi connectivity index (χ4v) is 2.73. The Bertz CT molecular complexity index is 439. The highest BCUT2D eigenvalue weighted by molar-refractivity contribution is 5.78. The number of nitrogens with zero attached hydrogens (tertiary/aromatic N) is 1. The van der Waals surface area contributed by atoms with Crippen LogP contribution in [0.4, 0.5) is 4.39 Å². The highest BCUT2D eigenvalue weighted by Gasteiger charge is 2.24. The average Bonchev–Trinajstić information content (AvgIpc) is 2.50. The Morgan fingerprint density at radius 2 is 1.95 bits per heavy atom. The molecule has 1 aromatic carbocycles. The second-order valence-electron chi connectivity index (χ2n) is 5.82. The third kappa shape index (κ3) is 5.12. The maximum absolute atomic E-state index is 12.9. The van der Waals surface area contributed by atoms with Gasteiger partial charge in [0.15, 0.2) is 0 Å². The number of hydrogen-bond donors (Lipinski definition) is 1. The molecule has 1 amide bonds. The first-order chi connectivity index (χ1) is 10.2. The van der Waals surface area contributed by atoms with Crippen molar-refractivity contribution < 1.29 is 9.18 Å². The molecule has 1 aromatic rings. The lowest BCUT2D eigenvalue weighted by atomic mass is 9.95. The fraction of sp³-hybridized carbons (Fsp3) is 0.588. The van der Waals surface area contributed by atoms with Crippen LogP contribution in [0.25, 0.3) is 0 Å². The molecule has 1 fully saturated rings. The molecule has 0 aliphatic carbocycles. The highest BCUT2D eigenvalue weighted by atomic mass is 19.1. The van der Waals surface area contributed by atoms with E-state index in [1.165, 1.54) is 12.1 Å². The molecule has 1 N–H and O–H groups in total. The number of nitrogens with one attached hydrogen (secondary N) is 1. The number of benzene rings is 1. The predicted molar refractivity (Wildman–Crippen MR) is 82.3 cm³/mol. The zero-order chi connectivity index (χ0) is 15.1. The zero-order valence-electron chi connectivity index (χ0n) is 12.8. The molecule has 21 heavy (non-hydrogen) atoms. The number of halogens is 1. The van der Waals surface area contributed by atoms with Gasteiger partial charge >= 0.3 is 0 Å². The summed E-state index contributed by atoms with van der Waals surface area (Å²) in [5.74, 6) is 0.178. The van der Waals surface area contributed by atoms with Gasteiger partial charge in [-0.05, 0) is 50.0 Å². The molecule has 4 heteroatoms. The van der Waals surface area contributed by atoms with Crippen LogP contribution in [0.5, 0.6) is 0 Å². The van der Waals surface area contributed by atoms with Crippen LogP contribution < -0.4 is 5.32 Å². The molecule has 1 saturated heterocycles. The summed E-state index contributed by atoms with van der Waals surface area (Å²) in [6, 6.07) is 6.67. The molecule has 1 heterocycles. The maximum Gasteiger partial charge on any atom is 0.223 e. The van der Waals surface area contributed by atoms with Crippen molar-refractivity contribution in [2.24, 2.45) is 5.92 Å². The van der Waals surface area contributed by atoms with E-state index in [0.29, 0.717) is 0 Å². The molecule has 1 aliphatic rings. The lowest BCUT2D eigenvalue weighted by Gasteiger charge is -2.31. The summed E-state index contributed by atoms with van der Waals surface area (Å²) < 4.78 is 12.9. The number of piperidine rings is 1. The molecule has 0 saturated carbocycles. The first-order valence-electron chi connectivity index (χ1n) is 7.93. The molecule has 0 aromatic heterocycles. The fourth-order valence-electron chi connectivity index (χ4n) is 2.73. The first kappa shape index (κ1) is 16.0. The summed E-state index contributed by atoms with van der Waals surface area (Å²) in [5.41, 5.74) is 1.13. The second-order valence-corrected chi connectivity index (χ2v) is 5.82. The van der Waals surface area contributed by atoms with Crippen LogP contribution in [0.2, 0.25) is 0 Å². The van der Waals surface area contributed by atoms with E-state index in [2.05, 4.69) is 17.1 Å². The highest BCUT2D eigenvalue weighted by Crippen LogP contribution is 2.19. The minimum absolute atomic E-state index is 0.159. The monoisotopic (exact) mass is 292 g/mol. The third-order valence-electron chi connectivity index (χ3n) is 4.11. The van der Waals surface area contributed by atoms with Crippen molar-refractivity contribution in [1.82, 2.24) is 10.2 Å². The number of amides is 1. The van der Waals surface area contributed by atoms with Crippen LogP contribution >= 0.6 is 0 Å². The van der Waals surface area contributed by atoms with Gasteiger partial charge in [-0.2, -0.15) is 0 Å². The van der Waals surface area contributed by atoms with Gasteiger partial charge in [-0.25, -0.2) is 4.39 Å². The quantitative estimate of drug-likeness (QED) is 0.818. The van der Waals surface area contributed by atoms with E-state index in [4.69, 9.17) is 0 Å². The SMILES string of the molecule is CCCCNC(=O)C1CCN(Cc2ccc(F)cc2)CC1. The lowest BCUT2D eigenvalue weighted by Crippen LogP contribution is -2.40. The summed E-state index contributed by atoms with van der Waals surface area (Å²) in [7, 11) is 0. The summed E-state index contributed by atoms with van der Waals surface area (Å²) in [5, 5.41) is 3.02. The Labute approximate surface area is 126 Å². The van der Waals surface area contributed by atoms with Crippen molar-refractivity contribution >= 4 is 5.91 Å². The van der Waals surface area contributed by atoms with Gasteiger partial charge in [0.1, 0.15) is 5.82 Å². The van der Waals surface area contributed by atoms with Crippen LogP contribution in [0, 0.1) is 11.7 Å². The van der Waals surface area contributed by atoms with Crippen molar-refractivity contribution in [2.75, 3.05) is 19.6 Å². The molecule has 0 unspecified atom stereocenters. The summed E-state index contributed by atoms with van der Waals surface area (Å²) >= 11 is 0. The third-order valence-corrected chi connectivity index (χ3v) is 4.11. The van der Waals surface area contributed by atoms with Gasteiger partial charge in [0.25, 0.3) is 0 Å². The summed E-state index contributed by atoms with van der Waals surface area (Å²) in [4.78, 5) is 14.3. The van der Waals surface area contributed by atoms with Crippen LogP contribution in [-0.4, -0.2) is 30.4 Å². The van der Waals surface area contributed by atoms with Gasteiger partial charge in [-0.15, -0.1) is 0 Å². The van der Waals surface area contributed by atoms with Crippen LogP contribution in [-0.2, 0) is 11.3 Å². The van der Waals surface area contributed by atoms with E-state index in [1.54, 1.807) is 0 Å². The van der Waals surface area contributed by atoms with Crippen molar-refractivity contribution in [3.05, 3.63) is 35.6 Å². The molecule has 0 spiro atoms. The van der Waals surface area contributed by atoms with E-state index in [1.807, 2.05) is 12.1 Å². The number of unbranched alkanes of at least 4 members (excludes halogenated alkanes) is 1. The van der Waals surface area contributed by atoms with Gasteiger partial charge in [0.05, 0.1) is 0 Å². The van der Waals surface area contributed by atoms with Crippen molar-refractivity contribution in [3.8, 4) is 0 Å². The van der Waals surface area contributed by atoms with Crippen LogP contribution in [0.15, 0.2) is 24.3 Å². The maximum atomic E-state index is 12.9. The summed E-state index contributed by atoms with van der Waals surface area (Å²) in [6.45, 7) is 5.63. The lowest BCUT2D eigenvalue weighted by molar-refractivity contribution is -0.126. The Hall–Kier alpha value is -1.42. The minimum atomic E-state index is -0.193. The second kappa shape index (κ2) is 8.13. The largest absolute Gasteiger partial charge is 0.356 e. The smallest absolute Gasteiger partial charge is 0.223 e. The normalized spacial score (nSPS) is 16.9. The molecule has 0 atom stereocenters. The topological polar surface area (TPSA) is 32.3 Å². The van der Waals surface area contributed by atoms with Crippen molar-refractivity contribution in [2.45, 2.75) is 39.2 Å². The molecule has 1 aliphatic heterocycles. The average molecular weight is 292 g/mol. The zero-order valence-corrected chi connectivity index (χ0v) is 12.8. The number of carbonyl (C=O) groups excluding carboxylic acids is 1. The van der Waals surface area contributed by atoms with E-state index >= 15 is 0 Å². The number of likely N-dealkylation sites (tertiary alicyclic amines) is 1. The Balaban J connectivity index is 1.72. The Morgan fingerprint density at radius 3 is 2.57 bits per heavy atom. The molecular weight excluding hydrogens is 267 g/mol. The van der Waals surface area contributed by atoms with E-state index in [9.17, 15) is 9.18 Å². The van der Waals surface area contributed by atoms with Gasteiger partial charge in [0.2, 0.25) is 5.91 Å². The van der Waals surface area contributed by atoms with Gasteiger partial charge in [0, 0.05) is 19.0 Å². The molecular formula is C17H25FN2O. The van der Waals surface area contributed by atoms with E-state index in [-0.39, 0.29) is 17.6 Å². The van der Waals surface area contributed by atoms with Crippen molar-refractivity contribution in [1.29, 1.82) is 0 Å². The minimum Gasteiger partial charge on any atom is -0.356 e. The van der Waals surface area contributed by atoms with E-state index < -0.39 is 0 Å². The predicted octanol–water partition coefficient (Wildman–Crippen LogP) is 2.95. The van der Waals surface area contributed by atoms with Gasteiger partial charge in [-0.1, -0.05) is 25.5 Å². The molecule has 0 bridgehead atoms. The van der Waals surface area contributed by atoms with Crippen LogP contribution in [0.1, 0.15) is 38.2 Å². The number of carbonyl (C=O) groups is 1. The number of rotatable bonds is 6. The molecule has 3 nitrogen and oxygen atoms in total. The summed E-state index contributed by atoms with van der Waals surface area (Å²) in [6.07, 6.45) is 3.99. The first-order valence-corrected chi connectivity index (χ1v) is 7.93. The standard InChI is InChI=1S/C17H25FN2O/c1-2-3-10-19-17(21)15-8-11-20(12-9-15)13-14-4-6-16(18)7-5-14/h4-7,15H,2-3,8-13H2,1H3,(H,19,21). The number of hydrogen-bond acceptors (Lipinski definition) is 2. The molecule has 116 valence electrons. The van der Waals surface area contributed by atoms with Crippen LogP contribution in [0.3, 0.4) is 0 Å². The molecule has 0 radical (unpaired) electrons.